The summed E-state index contributed by atoms with van der Waals surface area (Å²) in [5.41, 5.74) is 9.12. The number of rotatable bonds is 45. The molecule has 0 atom stereocenters. The summed E-state index contributed by atoms with van der Waals surface area (Å²) in [5, 5.41) is 2.75. The molecule has 0 radical (unpaired) electrons. The third-order valence-corrected chi connectivity index (χ3v) is 14.1. The largest absolute Gasteiger partial charge is 0.469 e. The van der Waals surface area contributed by atoms with Gasteiger partial charge in [0.05, 0.1) is 156 Å². The van der Waals surface area contributed by atoms with Crippen LogP contribution in [-0.4, -0.2) is 244 Å². The highest BCUT2D eigenvalue weighted by atomic mass is 32.2. The first-order valence-corrected chi connectivity index (χ1v) is 29.6. The molecule has 0 bridgehead atoms. The Labute approximate surface area is 480 Å². The average molecular weight is 1170 g/mol. The van der Waals surface area contributed by atoms with Crippen LogP contribution in [0.3, 0.4) is 0 Å². The van der Waals surface area contributed by atoms with Gasteiger partial charge in [-0.1, -0.05) is 31.2 Å². The first-order valence-electron chi connectivity index (χ1n) is 28.2. The van der Waals surface area contributed by atoms with Crippen molar-refractivity contribution in [2.75, 3.05) is 192 Å². The fourth-order valence-electron chi connectivity index (χ4n) is 8.18. The number of nitrogens with two attached hydrogens (primary N) is 1. The van der Waals surface area contributed by atoms with E-state index in [2.05, 4.69) is 19.9 Å². The summed E-state index contributed by atoms with van der Waals surface area (Å²) in [4.78, 5) is 45.7. The number of hydrogen-bond acceptors (Lipinski definition) is 20. The number of nitrogens with one attached hydrogen (secondary N) is 1. The Morgan fingerprint density at radius 2 is 1.20 bits per heavy atom. The SMILES string of the molecule is CCCN(CCCNC(=O)OC(C)(C)C)C(=O)C1=Cc2ccc(-c3cccc(S(=O)(=O)N4CC(CN(C)CCOCCOCCOCCOCCOCCOCCOCCOCCOCCOCCC(=O)OC)C4)c3)cc2N=C(N)C1. The second-order valence-electron chi connectivity index (χ2n) is 20.2. The van der Waals surface area contributed by atoms with Crippen LogP contribution in [0, 0.1) is 5.92 Å². The molecule has 458 valence electrons. The van der Waals surface area contributed by atoms with E-state index in [1.807, 2.05) is 44.3 Å². The maximum atomic E-state index is 13.8. The van der Waals surface area contributed by atoms with Gasteiger partial charge in [0.2, 0.25) is 15.9 Å². The van der Waals surface area contributed by atoms with Gasteiger partial charge in [0.1, 0.15) is 11.4 Å². The van der Waals surface area contributed by atoms with Crippen molar-refractivity contribution in [3.05, 3.63) is 53.6 Å². The number of likely N-dealkylation sites (N-methyl/N-ethyl adjacent to an activating group) is 1. The molecule has 0 aliphatic carbocycles. The lowest BCUT2D eigenvalue weighted by atomic mass is 10.0. The zero-order chi connectivity index (χ0) is 58.6. The van der Waals surface area contributed by atoms with Crippen molar-refractivity contribution in [2.24, 2.45) is 16.6 Å². The topological polar surface area (TPSA) is 256 Å². The molecular weight excluding hydrogens is 1070 g/mol. The van der Waals surface area contributed by atoms with Crippen LogP contribution in [0.25, 0.3) is 17.2 Å². The molecule has 2 aliphatic heterocycles. The number of carbonyl (C=O) groups excluding carboxylic acids is 3. The van der Waals surface area contributed by atoms with Crippen LogP contribution in [0.1, 0.15) is 58.9 Å². The number of hydrogen-bond donors (Lipinski definition) is 2. The number of aliphatic imine (C=N–C) groups is 1. The van der Waals surface area contributed by atoms with E-state index in [0.29, 0.717) is 195 Å². The van der Waals surface area contributed by atoms with Crippen molar-refractivity contribution in [3.8, 4) is 11.1 Å². The molecule has 2 aliphatic rings. The van der Waals surface area contributed by atoms with E-state index < -0.39 is 21.7 Å². The Morgan fingerprint density at radius 3 is 1.70 bits per heavy atom. The average Bonchev–Trinajstić information content (AvgIpc) is 3.76. The normalized spacial score (nSPS) is 14.0. The maximum absolute atomic E-state index is 13.8. The van der Waals surface area contributed by atoms with Crippen LogP contribution >= 0.6 is 0 Å². The zero-order valence-electron chi connectivity index (χ0n) is 48.8. The van der Waals surface area contributed by atoms with Gasteiger partial charge in [0.15, 0.2) is 0 Å². The number of amides is 2. The Bertz CT molecular complexity index is 2300. The molecule has 81 heavy (non-hydrogen) atoms. The number of alkyl carbamates (subject to hydrolysis) is 1. The molecule has 0 aromatic heterocycles. The van der Waals surface area contributed by atoms with Crippen LogP contribution in [0.15, 0.2) is 57.9 Å². The predicted molar refractivity (Wildman–Crippen MR) is 306 cm³/mol. The molecule has 2 amide bonds. The van der Waals surface area contributed by atoms with Gasteiger partial charge < -0.3 is 77.7 Å². The third kappa shape index (κ3) is 28.9. The highest BCUT2D eigenvalue weighted by Crippen LogP contribution is 2.34. The Kier molecular flexibility index (Phi) is 33.8. The number of methoxy groups -OCH3 is 1. The van der Waals surface area contributed by atoms with Gasteiger partial charge in [-0.2, -0.15) is 4.31 Å². The lowest BCUT2D eigenvalue weighted by molar-refractivity contribution is -0.142. The van der Waals surface area contributed by atoms with Crippen molar-refractivity contribution in [1.82, 2.24) is 19.4 Å². The quantitative estimate of drug-likeness (QED) is 0.0680. The molecule has 2 aromatic rings. The number of ether oxygens (including phenoxy) is 12. The highest BCUT2D eigenvalue weighted by molar-refractivity contribution is 7.89. The van der Waals surface area contributed by atoms with Gasteiger partial charge in [0, 0.05) is 63.4 Å². The number of fused-ring (bicyclic) bond motifs is 1. The van der Waals surface area contributed by atoms with Crippen molar-refractivity contribution >= 4 is 45.6 Å². The van der Waals surface area contributed by atoms with Gasteiger partial charge >= 0.3 is 12.1 Å². The van der Waals surface area contributed by atoms with Crippen LogP contribution < -0.4 is 11.1 Å². The molecule has 2 heterocycles. The van der Waals surface area contributed by atoms with E-state index >= 15 is 0 Å². The number of sulfonamides is 1. The number of amidine groups is 1. The van der Waals surface area contributed by atoms with E-state index in [0.717, 1.165) is 29.7 Å². The van der Waals surface area contributed by atoms with Gasteiger partial charge in [-0.05, 0) is 82.0 Å². The minimum atomic E-state index is -3.72. The summed E-state index contributed by atoms with van der Waals surface area (Å²) >= 11 is 0. The minimum Gasteiger partial charge on any atom is -0.469 e. The van der Waals surface area contributed by atoms with E-state index in [-0.39, 0.29) is 35.5 Å². The first kappa shape index (κ1) is 68.8. The van der Waals surface area contributed by atoms with Crippen LogP contribution in [0.5, 0.6) is 0 Å². The van der Waals surface area contributed by atoms with Crippen LogP contribution in [0.4, 0.5) is 10.5 Å². The molecule has 23 nitrogen and oxygen atoms in total. The van der Waals surface area contributed by atoms with Crippen molar-refractivity contribution in [3.63, 3.8) is 0 Å². The molecule has 3 N–H and O–H groups in total. The molecule has 0 unspecified atom stereocenters. The van der Waals surface area contributed by atoms with Crippen molar-refractivity contribution in [2.45, 2.75) is 63.9 Å². The molecule has 0 saturated carbocycles. The van der Waals surface area contributed by atoms with Crippen molar-refractivity contribution < 1.29 is 79.6 Å². The predicted octanol–water partition coefficient (Wildman–Crippen LogP) is 4.56. The zero-order valence-corrected chi connectivity index (χ0v) is 49.6. The molecule has 2 aromatic carbocycles. The maximum Gasteiger partial charge on any atom is 0.407 e. The third-order valence-electron chi connectivity index (χ3n) is 12.3. The molecule has 1 saturated heterocycles. The number of nitrogens with zero attached hydrogens (tertiary/aromatic N) is 4. The second-order valence-corrected chi connectivity index (χ2v) is 22.2. The van der Waals surface area contributed by atoms with Crippen LogP contribution in [-0.2, 0) is 76.5 Å². The van der Waals surface area contributed by atoms with Crippen LogP contribution in [0.2, 0.25) is 0 Å². The monoisotopic (exact) mass is 1160 g/mol. The smallest absolute Gasteiger partial charge is 0.407 e. The van der Waals surface area contributed by atoms with E-state index in [1.54, 1.807) is 43.9 Å². The summed E-state index contributed by atoms with van der Waals surface area (Å²) in [6, 6.07) is 12.6. The number of carbonyl (C=O) groups is 3. The fraction of sp³-hybridized carbons (Fsp3) is 0.684. The summed E-state index contributed by atoms with van der Waals surface area (Å²) < 4.78 is 94.1. The molecular formula is C57H92N6O17S. The highest BCUT2D eigenvalue weighted by Gasteiger charge is 2.37. The molecule has 0 spiro atoms. The molecule has 1 fully saturated rings. The van der Waals surface area contributed by atoms with E-state index in [9.17, 15) is 22.8 Å². The summed E-state index contributed by atoms with van der Waals surface area (Å²) in [6.45, 7) is 20.2. The van der Waals surface area contributed by atoms with Gasteiger partial charge in [-0.15, -0.1) is 0 Å². The molecule has 4 rings (SSSR count). The summed E-state index contributed by atoms with van der Waals surface area (Å²) in [5.74, 6) is 0.0648. The summed E-state index contributed by atoms with van der Waals surface area (Å²) in [6.07, 6.45) is 3.06. The lowest BCUT2D eigenvalue weighted by Crippen LogP contribution is -2.53. The lowest BCUT2D eigenvalue weighted by Gasteiger charge is -2.40. The molecule has 24 heteroatoms. The minimum absolute atomic E-state index is 0.139. The van der Waals surface area contributed by atoms with Crippen molar-refractivity contribution in [1.29, 1.82) is 0 Å². The van der Waals surface area contributed by atoms with Gasteiger partial charge in [0.25, 0.3) is 0 Å². The number of esters is 1. The summed E-state index contributed by atoms with van der Waals surface area (Å²) in [7, 11) is -0.368. The Morgan fingerprint density at radius 1 is 0.691 bits per heavy atom. The first-order chi connectivity index (χ1) is 39.1. The van der Waals surface area contributed by atoms with Gasteiger partial charge in [-0.3, -0.25) is 9.59 Å². The number of benzene rings is 2. The second kappa shape index (κ2) is 39.7. The Balaban J connectivity index is 0.976. The van der Waals surface area contributed by atoms with E-state index in [4.69, 9.17) is 57.8 Å². The van der Waals surface area contributed by atoms with Gasteiger partial charge in [-0.25, -0.2) is 18.2 Å². The standard InChI is InChI=1S/C57H92N6O17S/c1-7-16-62(17-9-15-59-56(66)80-57(2,3)4)55(65)50-39-49-13-12-48(41-52(49)60-53(58)42-50)47-10-8-11-51(40-47)81(67,68)63-44-46(45-63)43-61(5)18-20-71-22-24-73-26-28-75-30-32-77-34-36-79-38-37-78-35-33-76-31-29-74-27-25-72-23-21-70-19-14-54(64)69-6/h8,10-13,39-41,46H,7,9,14-38,42-45H2,1-6H3,(H2,58,60)(H,59,66). The Hall–Kier alpha value is -4.67. The van der Waals surface area contributed by atoms with E-state index in [1.165, 1.54) is 11.4 Å². The fourth-order valence-corrected chi connectivity index (χ4v) is 9.82.